The van der Waals surface area contributed by atoms with Crippen LogP contribution in [-0.2, 0) is 19.6 Å². The van der Waals surface area contributed by atoms with E-state index in [0.717, 1.165) is 11.2 Å². The molecule has 13 heteroatoms. The van der Waals surface area contributed by atoms with Gasteiger partial charge in [-0.15, -0.1) is 11.6 Å². The summed E-state index contributed by atoms with van der Waals surface area (Å²) in [6, 6.07) is 3.12. The molecule has 0 spiro atoms. The fourth-order valence-electron chi connectivity index (χ4n) is 2.43. The van der Waals surface area contributed by atoms with Crippen molar-refractivity contribution in [2.24, 2.45) is 0 Å². The number of alkyl halides is 4. The lowest BCUT2D eigenvalue weighted by Gasteiger charge is -2.37. The normalized spacial score (nSPS) is 16.9. The average molecular weight is 430 g/mol. The molecule has 0 fully saturated rings. The van der Waals surface area contributed by atoms with Gasteiger partial charge in [-0.3, -0.25) is 19.2 Å². The minimum Gasteiger partial charge on any atom is -0.489 e. The van der Waals surface area contributed by atoms with Crippen LogP contribution in [0, 0.1) is 0 Å². The van der Waals surface area contributed by atoms with Gasteiger partial charge in [-0.1, -0.05) is 0 Å². The van der Waals surface area contributed by atoms with Crippen molar-refractivity contribution >= 4 is 44.8 Å². The zero-order chi connectivity index (χ0) is 20.4. The molecule has 2 rings (SSSR count). The highest BCUT2D eigenvalue weighted by Gasteiger charge is 2.40. The van der Waals surface area contributed by atoms with Crippen molar-refractivity contribution < 1.29 is 35.9 Å². The van der Waals surface area contributed by atoms with Gasteiger partial charge in [-0.25, -0.2) is 8.42 Å². The minimum absolute atomic E-state index is 0.117. The van der Waals surface area contributed by atoms with Gasteiger partial charge in [0.1, 0.15) is 18.2 Å². The van der Waals surface area contributed by atoms with E-state index in [-0.39, 0.29) is 23.7 Å². The van der Waals surface area contributed by atoms with Crippen molar-refractivity contribution in [1.29, 1.82) is 0 Å². The van der Waals surface area contributed by atoms with Crippen LogP contribution in [0.25, 0.3) is 0 Å². The number of carbonyl (C=O) groups is 2. The van der Waals surface area contributed by atoms with Crippen LogP contribution >= 0.6 is 11.6 Å². The second kappa shape index (κ2) is 7.80. The summed E-state index contributed by atoms with van der Waals surface area (Å²) in [7, 11) is -3.60. The Morgan fingerprint density at radius 1 is 1.37 bits per heavy atom. The SMILES string of the molecule is CS(=O)(=O)Nc1ccc2c(c1)N(C(=O)CCl)C(CNC(=O)C(F)(F)F)CO2. The van der Waals surface area contributed by atoms with Crippen LogP contribution < -0.4 is 19.7 Å². The highest BCUT2D eigenvalue weighted by Crippen LogP contribution is 2.36. The first-order valence-electron chi connectivity index (χ1n) is 7.40. The molecule has 1 heterocycles. The van der Waals surface area contributed by atoms with Crippen molar-refractivity contribution in [3.05, 3.63) is 18.2 Å². The number of hydrogen-bond donors (Lipinski definition) is 2. The number of amides is 2. The summed E-state index contributed by atoms with van der Waals surface area (Å²) in [5.41, 5.74) is 0.235. The number of nitrogens with zero attached hydrogens (tertiary/aromatic N) is 1. The molecule has 1 unspecified atom stereocenters. The monoisotopic (exact) mass is 429 g/mol. The van der Waals surface area contributed by atoms with E-state index in [9.17, 15) is 31.2 Å². The van der Waals surface area contributed by atoms with Gasteiger partial charge < -0.3 is 10.1 Å². The van der Waals surface area contributed by atoms with Gasteiger partial charge >= 0.3 is 12.1 Å². The van der Waals surface area contributed by atoms with Crippen LogP contribution in [0.3, 0.4) is 0 Å². The highest BCUT2D eigenvalue weighted by molar-refractivity contribution is 7.92. The second-order valence-electron chi connectivity index (χ2n) is 5.63. The van der Waals surface area contributed by atoms with Gasteiger partial charge in [-0.2, -0.15) is 13.2 Å². The minimum atomic E-state index is -5.07. The molecule has 1 atom stereocenters. The number of rotatable bonds is 5. The molecule has 150 valence electrons. The third kappa shape index (κ3) is 5.39. The summed E-state index contributed by atoms with van der Waals surface area (Å²) >= 11 is 5.59. The number of carbonyl (C=O) groups excluding carboxylic acids is 2. The first-order chi connectivity index (χ1) is 12.4. The molecule has 2 N–H and O–H groups in total. The maximum absolute atomic E-state index is 12.4. The van der Waals surface area contributed by atoms with Gasteiger partial charge in [-0.05, 0) is 18.2 Å². The predicted molar refractivity (Wildman–Crippen MR) is 91.5 cm³/mol. The fraction of sp³-hybridized carbons (Fsp3) is 0.429. The second-order valence-corrected chi connectivity index (χ2v) is 7.64. The lowest BCUT2D eigenvalue weighted by Crippen LogP contribution is -2.54. The summed E-state index contributed by atoms with van der Waals surface area (Å²) in [5.74, 6) is -3.07. The molecular formula is C14H15ClF3N3O5S. The molecule has 0 saturated carbocycles. The molecule has 1 aromatic rings. The molecule has 0 saturated heterocycles. The Balaban J connectivity index is 2.32. The molecule has 1 aliphatic heterocycles. The Hall–Kier alpha value is -2.21. The zero-order valence-corrected chi connectivity index (χ0v) is 15.4. The first-order valence-corrected chi connectivity index (χ1v) is 9.82. The van der Waals surface area contributed by atoms with E-state index in [0.29, 0.717) is 0 Å². The van der Waals surface area contributed by atoms with Crippen LogP contribution in [0.2, 0.25) is 0 Å². The zero-order valence-electron chi connectivity index (χ0n) is 13.8. The molecule has 1 aromatic carbocycles. The number of anilines is 2. The maximum atomic E-state index is 12.4. The van der Waals surface area contributed by atoms with Crippen LogP contribution in [0.4, 0.5) is 24.5 Å². The van der Waals surface area contributed by atoms with Crippen LogP contribution in [-0.4, -0.2) is 57.7 Å². The fourth-order valence-corrected chi connectivity index (χ4v) is 3.11. The van der Waals surface area contributed by atoms with Crippen molar-refractivity contribution in [2.45, 2.75) is 12.2 Å². The third-order valence-electron chi connectivity index (χ3n) is 3.46. The number of sulfonamides is 1. The number of hydrogen-bond acceptors (Lipinski definition) is 5. The van der Waals surface area contributed by atoms with Gasteiger partial charge in [0.2, 0.25) is 15.9 Å². The maximum Gasteiger partial charge on any atom is 0.471 e. The van der Waals surface area contributed by atoms with E-state index in [1.165, 1.54) is 18.2 Å². The molecule has 0 aromatic heterocycles. The number of halogens is 4. The van der Waals surface area contributed by atoms with E-state index in [1.54, 1.807) is 5.32 Å². The van der Waals surface area contributed by atoms with Crippen LogP contribution in [0.5, 0.6) is 5.75 Å². The number of ether oxygens (including phenoxy) is 1. The third-order valence-corrected chi connectivity index (χ3v) is 4.29. The quantitative estimate of drug-likeness (QED) is 0.681. The predicted octanol–water partition coefficient (Wildman–Crippen LogP) is 1.07. The lowest BCUT2D eigenvalue weighted by molar-refractivity contribution is -0.173. The summed E-state index contributed by atoms with van der Waals surface area (Å²) in [5, 5.41) is 1.69. The van der Waals surface area contributed by atoms with Gasteiger partial charge in [0.15, 0.2) is 0 Å². The molecule has 0 aliphatic carbocycles. The van der Waals surface area contributed by atoms with Gasteiger partial charge in [0.25, 0.3) is 0 Å². The average Bonchev–Trinajstić information content (AvgIpc) is 2.55. The Bertz CT molecular complexity index is 847. The smallest absolute Gasteiger partial charge is 0.471 e. The number of nitrogens with one attached hydrogen (secondary N) is 2. The molecule has 0 radical (unpaired) electrons. The number of benzene rings is 1. The Morgan fingerprint density at radius 3 is 2.59 bits per heavy atom. The van der Waals surface area contributed by atoms with E-state index in [4.69, 9.17) is 16.3 Å². The summed E-state index contributed by atoms with van der Waals surface area (Å²) < 4.78 is 67.5. The van der Waals surface area contributed by atoms with E-state index in [2.05, 4.69) is 4.72 Å². The summed E-state index contributed by atoms with van der Waals surface area (Å²) in [4.78, 5) is 24.3. The largest absolute Gasteiger partial charge is 0.489 e. The highest BCUT2D eigenvalue weighted by atomic mass is 35.5. The Kier molecular flexibility index (Phi) is 6.10. The molecule has 27 heavy (non-hydrogen) atoms. The molecule has 0 bridgehead atoms. The molecule has 8 nitrogen and oxygen atoms in total. The van der Waals surface area contributed by atoms with Crippen LogP contribution in [0.1, 0.15) is 0 Å². The first kappa shape index (κ1) is 21.1. The summed E-state index contributed by atoms with van der Waals surface area (Å²) in [6.07, 6.45) is -4.14. The van der Waals surface area contributed by atoms with Gasteiger partial charge in [0.05, 0.1) is 23.7 Å². The van der Waals surface area contributed by atoms with Crippen LogP contribution in [0.15, 0.2) is 18.2 Å². The van der Waals surface area contributed by atoms with E-state index < -0.39 is 46.5 Å². The van der Waals surface area contributed by atoms with Gasteiger partial charge in [0, 0.05) is 6.54 Å². The molecule has 2 amide bonds. The Morgan fingerprint density at radius 2 is 2.04 bits per heavy atom. The topological polar surface area (TPSA) is 105 Å². The van der Waals surface area contributed by atoms with Crippen molar-refractivity contribution in [3.8, 4) is 5.75 Å². The Labute approximate surface area is 157 Å². The number of fused-ring (bicyclic) bond motifs is 1. The van der Waals surface area contributed by atoms with Crippen molar-refractivity contribution in [2.75, 3.05) is 34.9 Å². The standard InChI is InChI=1S/C14H15ClF3N3O5S/c1-27(24,25)20-8-2-3-11-10(4-8)21(12(22)5-15)9(7-26-11)6-19-13(23)14(16,17)18/h2-4,9,20H,5-7H2,1H3,(H,19,23). The summed E-state index contributed by atoms with van der Waals surface area (Å²) in [6.45, 7) is -0.725. The molecular weight excluding hydrogens is 415 g/mol. The van der Waals surface area contributed by atoms with E-state index >= 15 is 0 Å². The van der Waals surface area contributed by atoms with Crippen molar-refractivity contribution in [3.63, 3.8) is 0 Å². The lowest BCUT2D eigenvalue weighted by atomic mass is 10.1. The van der Waals surface area contributed by atoms with Crippen molar-refractivity contribution in [1.82, 2.24) is 5.32 Å². The molecule has 1 aliphatic rings. The van der Waals surface area contributed by atoms with E-state index in [1.807, 2.05) is 0 Å².